The standard InChI is InChI=1S/C14H10Cl2N2/c15-11-6-7-13(12(16)8-11)18-14(9-17)10-4-2-1-3-5-10/h1-8,14,18H. The Morgan fingerprint density at radius 2 is 1.78 bits per heavy atom. The van der Waals surface area contributed by atoms with Crippen molar-refractivity contribution >= 4 is 28.9 Å². The molecule has 0 heterocycles. The molecule has 0 radical (unpaired) electrons. The number of nitriles is 1. The number of hydrogen-bond donors (Lipinski definition) is 1. The lowest BCUT2D eigenvalue weighted by Gasteiger charge is -2.14. The summed E-state index contributed by atoms with van der Waals surface area (Å²) in [7, 11) is 0. The van der Waals surface area contributed by atoms with E-state index in [9.17, 15) is 5.26 Å². The van der Waals surface area contributed by atoms with Gasteiger partial charge in [0.15, 0.2) is 0 Å². The quantitative estimate of drug-likeness (QED) is 0.884. The molecule has 1 atom stereocenters. The molecule has 0 bridgehead atoms. The molecule has 90 valence electrons. The molecule has 2 aromatic rings. The summed E-state index contributed by atoms with van der Waals surface area (Å²) in [6.07, 6.45) is 0. The van der Waals surface area contributed by atoms with Crippen LogP contribution in [0, 0.1) is 11.3 Å². The highest BCUT2D eigenvalue weighted by Gasteiger charge is 2.11. The zero-order chi connectivity index (χ0) is 13.0. The fraction of sp³-hybridized carbons (Fsp3) is 0.0714. The van der Waals surface area contributed by atoms with Gasteiger partial charge >= 0.3 is 0 Å². The van der Waals surface area contributed by atoms with E-state index in [0.29, 0.717) is 15.7 Å². The number of hydrogen-bond acceptors (Lipinski definition) is 2. The lowest BCUT2D eigenvalue weighted by molar-refractivity contribution is 0.998. The third-order valence-corrected chi connectivity index (χ3v) is 3.04. The Bertz CT molecular complexity index is 576. The average molecular weight is 277 g/mol. The molecule has 0 aliphatic rings. The van der Waals surface area contributed by atoms with Crippen LogP contribution < -0.4 is 5.32 Å². The van der Waals surface area contributed by atoms with E-state index in [4.69, 9.17) is 23.2 Å². The summed E-state index contributed by atoms with van der Waals surface area (Å²) >= 11 is 11.9. The second-order valence-electron chi connectivity index (χ2n) is 3.74. The maximum atomic E-state index is 9.20. The minimum Gasteiger partial charge on any atom is -0.365 e. The molecular formula is C14H10Cl2N2. The van der Waals surface area contributed by atoms with Gasteiger partial charge in [0, 0.05) is 5.02 Å². The fourth-order valence-corrected chi connectivity index (χ4v) is 2.06. The topological polar surface area (TPSA) is 35.8 Å². The molecule has 0 spiro atoms. The largest absolute Gasteiger partial charge is 0.365 e. The van der Waals surface area contributed by atoms with Crippen LogP contribution in [0.3, 0.4) is 0 Å². The van der Waals surface area contributed by atoms with Crippen LogP contribution in [-0.2, 0) is 0 Å². The molecule has 4 heteroatoms. The molecule has 0 aromatic heterocycles. The van der Waals surface area contributed by atoms with Gasteiger partial charge in [-0.3, -0.25) is 0 Å². The van der Waals surface area contributed by atoms with Gasteiger partial charge in [0.1, 0.15) is 6.04 Å². The second-order valence-corrected chi connectivity index (χ2v) is 4.58. The van der Waals surface area contributed by atoms with Crippen LogP contribution in [0.1, 0.15) is 11.6 Å². The zero-order valence-corrected chi connectivity index (χ0v) is 10.9. The van der Waals surface area contributed by atoms with E-state index in [1.165, 1.54) is 0 Å². The van der Waals surface area contributed by atoms with E-state index < -0.39 is 6.04 Å². The first kappa shape index (κ1) is 12.8. The van der Waals surface area contributed by atoms with Gasteiger partial charge in [0.25, 0.3) is 0 Å². The predicted octanol–water partition coefficient (Wildman–Crippen LogP) is 4.67. The summed E-state index contributed by atoms with van der Waals surface area (Å²) < 4.78 is 0. The summed E-state index contributed by atoms with van der Waals surface area (Å²) in [5, 5.41) is 13.4. The number of halogens is 2. The van der Waals surface area contributed by atoms with Gasteiger partial charge in [-0.25, -0.2) is 0 Å². The number of nitrogens with one attached hydrogen (secondary N) is 1. The van der Waals surface area contributed by atoms with E-state index in [1.54, 1.807) is 18.2 Å². The summed E-state index contributed by atoms with van der Waals surface area (Å²) in [6.45, 7) is 0. The Morgan fingerprint density at radius 3 is 2.39 bits per heavy atom. The number of rotatable bonds is 3. The number of nitrogens with zero attached hydrogens (tertiary/aromatic N) is 1. The molecule has 0 saturated heterocycles. The van der Waals surface area contributed by atoms with Gasteiger partial charge in [0.2, 0.25) is 0 Å². The van der Waals surface area contributed by atoms with Crippen molar-refractivity contribution in [2.24, 2.45) is 0 Å². The molecule has 18 heavy (non-hydrogen) atoms. The van der Waals surface area contributed by atoms with Crippen molar-refractivity contribution in [3.63, 3.8) is 0 Å². The van der Waals surface area contributed by atoms with Gasteiger partial charge in [-0.1, -0.05) is 53.5 Å². The average Bonchev–Trinajstić information content (AvgIpc) is 2.39. The lowest BCUT2D eigenvalue weighted by atomic mass is 10.1. The number of anilines is 1. The fourth-order valence-electron chi connectivity index (χ4n) is 1.60. The SMILES string of the molecule is N#CC(Nc1ccc(Cl)cc1Cl)c1ccccc1. The summed E-state index contributed by atoms with van der Waals surface area (Å²) in [4.78, 5) is 0. The summed E-state index contributed by atoms with van der Waals surface area (Å²) in [6, 6.07) is 16.4. The van der Waals surface area contributed by atoms with Crippen molar-refractivity contribution in [1.29, 1.82) is 5.26 Å². The van der Waals surface area contributed by atoms with Crippen LogP contribution in [0.25, 0.3) is 0 Å². The molecule has 2 rings (SSSR count). The van der Waals surface area contributed by atoms with Gasteiger partial charge in [0.05, 0.1) is 16.8 Å². The van der Waals surface area contributed by atoms with Crippen LogP contribution in [0.4, 0.5) is 5.69 Å². The minimum absolute atomic E-state index is 0.440. The summed E-state index contributed by atoms with van der Waals surface area (Å²) in [5.74, 6) is 0. The molecule has 2 aromatic carbocycles. The van der Waals surface area contributed by atoms with Crippen molar-refractivity contribution in [2.45, 2.75) is 6.04 Å². The normalized spacial score (nSPS) is 11.6. The van der Waals surface area contributed by atoms with Gasteiger partial charge in [-0.05, 0) is 23.8 Å². The van der Waals surface area contributed by atoms with E-state index in [1.807, 2.05) is 30.3 Å². The first-order valence-electron chi connectivity index (χ1n) is 5.37. The van der Waals surface area contributed by atoms with E-state index in [0.717, 1.165) is 5.56 Å². The Kier molecular flexibility index (Phi) is 4.09. The third kappa shape index (κ3) is 2.95. The van der Waals surface area contributed by atoms with Crippen LogP contribution in [-0.4, -0.2) is 0 Å². The first-order valence-corrected chi connectivity index (χ1v) is 6.12. The Balaban J connectivity index is 2.24. The maximum absolute atomic E-state index is 9.20. The molecule has 0 fully saturated rings. The molecular weight excluding hydrogens is 267 g/mol. The Morgan fingerprint density at radius 1 is 1.06 bits per heavy atom. The molecule has 0 amide bonds. The van der Waals surface area contributed by atoms with Gasteiger partial charge in [-0.15, -0.1) is 0 Å². The minimum atomic E-state index is -0.440. The van der Waals surface area contributed by atoms with Crippen molar-refractivity contribution in [2.75, 3.05) is 5.32 Å². The highest BCUT2D eigenvalue weighted by Crippen LogP contribution is 2.28. The molecule has 0 aliphatic heterocycles. The Hall–Kier alpha value is -1.69. The Labute approximate surface area is 116 Å². The van der Waals surface area contributed by atoms with E-state index in [-0.39, 0.29) is 0 Å². The molecule has 0 saturated carbocycles. The van der Waals surface area contributed by atoms with Gasteiger partial charge in [-0.2, -0.15) is 5.26 Å². The van der Waals surface area contributed by atoms with E-state index in [2.05, 4.69) is 11.4 Å². The summed E-state index contributed by atoms with van der Waals surface area (Å²) in [5.41, 5.74) is 1.59. The second kappa shape index (κ2) is 5.77. The monoisotopic (exact) mass is 276 g/mol. The van der Waals surface area contributed by atoms with Crippen molar-refractivity contribution in [1.82, 2.24) is 0 Å². The van der Waals surface area contributed by atoms with Crippen LogP contribution in [0.15, 0.2) is 48.5 Å². The number of benzene rings is 2. The zero-order valence-electron chi connectivity index (χ0n) is 9.40. The van der Waals surface area contributed by atoms with E-state index >= 15 is 0 Å². The van der Waals surface area contributed by atoms with Gasteiger partial charge < -0.3 is 5.32 Å². The van der Waals surface area contributed by atoms with Crippen LogP contribution >= 0.6 is 23.2 Å². The molecule has 1 N–H and O–H groups in total. The van der Waals surface area contributed by atoms with Crippen molar-refractivity contribution in [3.05, 3.63) is 64.1 Å². The van der Waals surface area contributed by atoms with Crippen molar-refractivity contribution in [3.8, 4) is 6.07 Å². The third-order valence-electron chi connectivity index (χ3n) is 2.49. The lowest BCUT2D eigenvalue weighted by Crippen LogP contribution is -2.08. The van der Waals surface area contributed by atoms with Crippen LogP contribution in [0.2, 0.25) is 10.0 Å². The predicted molar refractivity (Wildman–Crippen MR) is 74.9 cm³/mol. The highest BCUT2D eigenvalue weighted by molar-refractivity contribution is 6.36. The highest BCUT2D eigenvalue weighted by atomic mass is 35.5. The molecule has 0 aliphatic carbocycles. The first-order chi connectivity index (χ1) is 8.70. The van der Waals surface area contributed by atoms with Crippen molar-refractivity contribution < 1.29 is 0 Å². The molecule has 2 nitrogen and oxygen atoms in total. The smallest absolute Gasteiger partial charge is 0.140 e. The molecule has 1 unspecified atom stereocenters. The van der Waals surface area contributed by atoms with Crippen LogP contribution in [0.5, 0.6) is 0 Å². The maximum Gasteiger partial charge on any atom is 0.140 e.